The number of benzene rings is 1. The van der Waals surface area contributed by atoms with E-state index in [2.05, 4.69) is 43.1 Å². The van der Waals surface area contributed by atoms with Gasteiger partial charge in [0, 0.05) is 16.5 Å². The molecule has 17 heavy (non-hydrogen) atoms. The smallest absolute Gasteiger partial charge is 0.118 e. The molecule has 94 valence electrons. The van der Waals surface area contributed by atoms with E-state index in [1.165, 1.54) is 12.0 Å². The molecule has 1 aromatic carbocycles. The Morgan fingerprint density at radius 2 is 1.94 bits per heavy atom. The summed E-state index contributed by atoms with van der Waals surface area (Å²) in [6.07, 6.45) is 1.25. The van der Waals surface area contributed by atoms with Crippen LogP contribution in [0.1, 0.15) is 31.9 Å². The summed E-state index contributed by atoms with van der Waals surface area (Å²) in [7, 11) is 1.71. The Labute approximate surface area is 108 Å². The van der Waals surface area contributed by atoms with E-state index in [1.807, 2.05) is 12.1 Å². The average molecular weight is 251 g/mol. The summed E-state index contributed by atoms with van der Waals surface area (Å²) in [5.74, 6) is 0.927. The lowest BCUT2D eigenvalue weighted by atomic mass is 10.0. The van der Waals surface area contributed by atoms with E-state index in [4.69, 9.17) is 4.74 Å². The molecule has 0 aromatic heterocycles. The predicted octanol–water partition coefficient (Wildman–Crippen LogP) is 3.24. The Hall–Kier alpha value is -0.670. The van der Waals surface area contributed by atoms with Crippen LogP contribution in [0.15, 0.2) is 24.3 Å². The van der Waals surface area contributed by atoms with Gasteiger partial charge in [0.05, 0.1) is 7.11 Å². The third kappa shape index (κ3) is 3.17. The summed E-state index contributed by atoms with van der Waals surface area (Å²) < 4.78 is 5.20. The van der Waals surface area contributed by atoms with Crippen molar-refractivity contribution in [2.24, 2.45) is 0 Å². The quantitative estimate of drug-likeness (QED) is 0.872. The molecule has 1 N–H and O–H groups in total. The maximum absolute atomic E-state index is 5.20. The lowest BCUT2D eigenvalue weighted by molar-refractivity contribution is 0.414. The zero-order chi connectivity index (χ0) is 12.3. The molecule has 1 heterocycles. The first kappa shape index (κ1) is 12.8. The van der Waals surface area contributed by atoms with Gasteiger partial charge in [0.2, 0.25) is 0 Å². The highest BCUT2D eigenvalue weighted by Gasteiger charge is 2.24. The average Bonchev–Trinajstić information content (AvgIpc) is 2.50. The molecule has 0 amide bonds. The topological polar surface area (TPSA) is 21.3 Å². The van der Waals surface area contributed by atoms with Crippen molar-refractivity contribution in [1.82, 2.24) is 5.32 Å². The van der Waals surface area contributed by atoms with Crippen molar-refractivity contribution in [2.75, 3.05) is 13.7 Å². The fourth-order valence-corrected chi connectivity index (χ4v) is 3.72. The number of nitrogens with one attached hydrogen (secondary N) is 1. The highest BCUT2D eigenvalue weighted by Crippen LogP contribution is 2.33. The molecule has 3 atom stereocenters. The molecule has 3 heteroatoms. The van der Waals surface area contributed by atoms with Gasteiger partial charge in [0.15, 0.2) is 0 Å². The highest BCUT2D eigenvalue weighted by molar-refractivity contribution is 8.00. The molecule has 0 spiro atoms. The normalized spacial score (nSPS) is 29.7. The molecule has 0 saturated carbocycles. The summed E-state index contributed by atoms with van der Waals surface area (Å²) in [4.78, 5) is 0. The van der Waals surface area contributed by atoms with Crippen LogP contribution in [-0.4, -0.2) is 24.2 Å². The van der Waals surface area contributed by atoms with Crippen molar-refractivity contribution in [3.05, 3.63) is 29.8 Å². The number of ether oxygens (including phenoxy) is 1. The van der Waals surface area contributed by atoms with Gasteiger partial charge in [0.1, 0.15) is 5.75 Å². The number of thioether (sulfide) groups is 1. The van der Waals surface area contributed by atoms with Crippen molar-refractivity contribution in [2.45, 2.75) is 36.8 Å². The van der Waals surface area contributed by atoms with Crippen LogP contribution in [-0.2, 0) is 0 Å². The van der Waals surface area contributed by atoms with Gasteiger partial charge in [-0.25, -0.2) is 0 Å². The van der Waals surface area contributed by atoms with Crippen LogP contribution in [0, 0.1) is 0 Å². The van der Waals surface area contributed by atoms with E-state index >= 15 is 0 Å². The fourth-order valence-electron chi connectivity index (χ4n) is 2.32. The van der Waals surface area contributed by atoms with Gasteiger partial charge in [-0.05, 0) is 30.7 Å². The standard InChI is InChI=1S/C14H21NOS/c1-10-8-9-15-14(11(2)17-10)12-4-6-13(16-3)7-5-12/h4-7,10-11,14-15H,8-9H2,1-3H3. The maximum Gasteiger partial charge on any atom is 0.118 e. The first-order valence-electron chi connectivity index (χ1n) is 6.23. The van der Waals surface area contributed by atoms with Gasteiger partial charge in [-0.2, -0.15) is 11.8 Å². The van der Waals surface area contributed by atoms with Gasteiger partial charge >= 0.3 is 0 Å². The Morgan fingerprint density at radius 3 is 2.59 bits per heavy atom. The van der Waals surface area contributed by atoms with E-state index in [1.54, 1.807) is 7.11 Å². The first-order valence-corrected chi connectivity index (χ1v) is 7.18. The summed E-state index contributed by atoms with van der Waals surface area (Å²) in [5, 5.41) is 5.02. The monoisotopic (exact) mass is 251 g/mol. The van der Waals surface area contributed by atoms with Crippen LogP contribution in [0.4, 0.5) is 0 Å². The third-order valence-corrected chi connectivity index (χ3v) is 4.71. The molecule has 2 rings (SSSR count). The molecular formula is C14H21NOS. The number of hydrogen-bond donors (Lipinski definition) is 1. The Kier molecular flexibility index (Phi) is 4.35. The van der Waals surface area contributed by atoms with Gasteiger partial charge in [-0.3, -0.25) is 0 Å². The van der Waals surface area contributed by atoms with Crippen LogP contribution < -0.4 is 10.1 Å². The Morgan fingerprint density at radius 1 is 1.24 bits per heavy atom. The molecule has 3 unspecified atom stereocenters. The second kappa shape index (κ2) is 5.78. The summed E-state index contributed by atoms with van der Waals surface area (Å²) in [6, 6.07) is 8.88. The van der Waals surface area contributed by atoms with Crippen molar-refractivity contribution in [3.63, 3.8) is 0 Å². The van der Waals surface area contributed by atoms with Gasteiger partial charge < -0.3 is 10.1 Å². The van der Waals surface area contributed by atoms with Crippen molar-refractivity contribution < 1.29 is 4.74 Å². The fraction of sp³-hybridized carbons (Fsp3) is 0.571. The van der Waals surface area contributed by atoms with Crippen LogP contribution in [0.5, 0.6) is 5.75 Å². The third-order valence-electron chi connectivity index (χ3n) is 3.31. The second-order valence-corrected chi connectivity index (χ2v) is 6.47. The maximum atomic E-state index is 5.20. The minimum absolute atomic E-state index is 0.454. The van der Waals surface area contributed by atoms with Crippen molar-refractivity contribution >= 4 is 11.8 Å². The molecule has 1 aliphatic heterocycles. The Balaban J connectivity index is 2.13. The number of methoxy groups -OCH3 is 1. The minimum Gasteiger partial charge on any atom is -0.497 e. The molecule has 2 nitrogen and oxygen atoms in total. The van der Waals surface area contributed by atoms with E-state index in [-0.39, 0.29) is 0 Å². The summed E-state index contributed by atoms with van der Waals surface area (Å²) in [5.41, 5.74) is 1.36. The zero-order valence-electron chi connectivity index (χ0n) is 10.8. The number of rotatable bonds is 2. The molecule has 1 fully saturated rings. The van der Waals surface area contributed by atoms with Crippen molar-refractivity contribution in [3.8, 4) is 5.75 Å². The predicted molar refractivity (Wildman–Crippen MR) is 74.9 cm³/mol. The molecule has 0 aliphatic carbocycles. The largest absolute Gasteiger partial charge is 0.497 e. The minimum atomic E-state index is 0.454. The summed E-state index contributed by atoms with van der Waals surface area (Å²) in [6.45, 7) is 5.74. The van der Waals surface area contributed by atoms with E-state index in [9.17, 15) is 0 Å². The van der Waals surface area contributed by atoms with Crippen LogP contribution in [0.25, 0.3) is 0 Å². The van der Waals surface area contributed by atoms with E-state index < -0.39 is 0 Å². The van der Waals surface area contributed by atoms with Gasteiger partial charge in [0.25, 0.3) is 0 Å². The van der Waals surface area contributed by atoms with Gasteiger partial charge in [-0.15, -0.1) is 0 Å². The zero-order valence-corrected chi connectivity index (χ0v) is 11.6. The van der Waals surface area contributed by atoms with E-state index in [0.717, 1.165) is 17.5 Å². The number of hydrogen-bond acceptors (Lipinski definition) is 3. The molecule has 1 aromatic rings. The Bertz CT molecular complexity index is 352. The van der Waals surface area contributed by atoms with Crippen LogP contribution in [0.3, 0.4) is 0 Å². The molecule has 1 saturated heterocycles. The molecule has 0 radical (unpaired) electrons. The lowest BCUT2D eigenvalue weighted by Crippen LogP contribution is -2.27. The first-order chi connectivity index (χ1) is 8.20. The lowest BCUT2D eigenvalue weighted by Gasteiger charge is -2.23. The molecule has 1 aliphatic rings. The highest BCUT2D eigenvalue weighted by atomic mass is 32.2. The molecular weight excluding hydrogens is 230 g/mol. The van der Waals surface area contributed by atoms with Crippen LogP contribution >= 0.6 is 11.8 Å². The SMILES string of the molecule is COc1ccc(C2NCCC(C)SC2C)cc1. The summed E-state index contributed by atoms with van der Waals surface area (Å²) >= 11 is 2.08. The second-order valence-electron chi connectivity index (χ2n) is 4.65. The van der Waals surface area contributed by atoms with Gasteiger partial charge in [-0.1, -0.05) is 26.0 Å². The molecule has 0 bridgehead atoms. The van der Waals surface area contributed by atoms with E-state index in [0.29, 0.717) is 11.3 Å². The van der Waals surface area contributed by atoms with Crippen LogP contribution in [0.2, 0.25) is 0 Å². The van der Waals surface area contributed by atoms with Crippen molar-refractivity contribution in [1.29, 1.82) is 0 Å².